The average Bonchev–Trinajstić information content (AvgIpc) is 3.33. The molecule has 7 heteroatoms. The van der Waals surface area contributed by atoms with E-state index in [0.717, 1.165) is 11.4 Å². The van der Waals surface area contributed by atoms with E-state index in [2.05, 4.69) is 22.0 Å². The maximum absolute atomic E-state index is 12.5. The number of hydrogen-bond donors (Lipinski definition) is 0. The summed E-state index contributed by atoms with van der Waals surface area (Å²) in [5.74, 6) is -0.501. The van der Waals surface area contributed by atoms with Crippen molar-refractivity contribution in [3.8, 4) is 5.75 Å². The number of ether oxygens (including phenoxy) is 2. The van der Waals surface area contributed by atoms with Crippen molar-refractivity contribution in [1.82, 2.24) is 5.01 Å². The second-order valence-electron chi connectivity index (χ2n) is 6.67. The molecule has 0 N–H and O–H groups in total. The van der Waals surface area contributed by atoms with E-state index >= 15 is 0 Å². The van der Waals surface area contributed by atoms with Gasteiger partial charge >= 0.3 is 5.97 Å². The van der Waals surface area contributed by atoms with Crippen LogP contribution in [0, 0.1) is 23.7 Å². The lowest BCUT2D eigenvalue weighted by molar-refractivity contribution is -0.143. The number of hydrazone groups is 1. The third-order valence-corrected chi connectivity index (χ3v) is 5.23. The van der Waals surface area contributed by atoms with Crippen LogP contribution in [0.3, 0.4) is 0 Å². The van der Waals surface area contributed by atoms with Gasteiger partial charge in [0.25, 0.3) is 11.8 Å². The van der Waals surface area contributed by atoms with Crippen LogP contribution in [-0.2, 0) is 19.1 Å². The maximum atomic E-state index is 12.5. The molecular weight excluding hydrogens is 336 g/mol. The Morgan fingerprint density at radius 1 is 1.15 bits per heavy atom. The number of imide groups is 1. The van der Waals surface area contributed by atoms with E-state index in [9.17, 15) is 14.4 Å². The predicted octanol–water partition coefficient (Wildman–Crippen LogP) is 1.38. The van der Waals surface area contributed by atoms with E-state index in [1.807, 2.05) is 0 Å². The Morgan fingerprint density at radius 2 is 1.77 bits per heavy atom. The SMILES string of the molecule is COC(=O)COc1ccc(/C=N\N2C(=O)[C@@H]3[C@@H](C2=O)[C@H]2C=C[C@@H]3C2)cc1. The van der Waals surface area contributed by atoms with Gasteiger partial charge in [0.05, 0.1) is 25.2 Å². The van der Waals surface area contributed by atoms with Gasteiger partial charge in [-0.25, -0.2) is 4.79 Å². The molecule has 2 bridgehead atoms. The van der Waals surface area contributed by atoms with E-state index in [1.54, 1.807) is 24.3 Å². The fourth-order valence-electron chi connectivity index (χ4n) is 3.98. The van der Waals surface area contributed by atoms with Crippen molar-refractivity contribution in [2.24, 2.45) is 28.8 Å². The first-order valence-electron chi connectivity index (χ1n) is 8.48. The van der Waals surface area contributed by atoms with E-state index in [1.165, 1.54) is 13.3 Å². The number of fused-ring (bicyclic) bond motifs is 5. The van der Waals surface area contributed by atoms with Crippen LogP contribution in [0.25, 0.3) is 0 Å². The van der Waals surface area contributed by atoms with Gasteiger partial charge in [-0.3, -0.25) is 9.59 Å². The molecule has 1 aliphatic heterocycles. The number of esters is 1. The van der Waals surface area contributed by atoms with Crippen LogP contribution in [-0.4, -0.2) is 42.7 Å². The van der Waals surface area contributed by atoms with Gasteiger partial charge in [-0.1, -0.05) is 12.2 Å². The summed E-state index contributed by atoms with van der Waals surface area (Å²) in [6.45, 7) is -0.167. The number of nitrogens with zero attached hydrogens (tertiary/aromatic N) is 2. The number of carbonyl (C=O) groups is 3. The molecule has 1 heterocycles. The molecule has 0 spiro atoms. The van der Waals surface area contributed by atoms with Crippen LogP contribution < -0.4 is 4.74 Å². The van der Waals surface area contributed by atoms with Crippen molar-refractivity contribution in [1.29, 1.82) is 0 Å². The molecule has 4 rings (SSSR count). The van der Waals surface area contributed by atoms with Crippen LogP contribution in [0.5, 0.6) is 5.75 Å². The molecule has 4 atom stereocenters. The zero-order valence-corrected chi connectivity index (χ0v) is 14.2. The summed E-state index contributed by atoms with van der Waals surface area (Å²) in [4.78, 5) is 36.1. The van der Waals surface area contributed by atoms with E-state index in [0.29, 0.717) is 11.3 Å². The quantitative estimate of drug-likeness (QED) is 0.345. The number of allylic oxidation sites excluding steroid dienone is 2. The first kappa shape index (κ1) is 16.5. The summed E-state index contributed by atoms with van der Waals surface area (Å²) < 4.78 is 9.77. The van der Waals surface area contributed by atoms with Gasteiger partial charge in [0.2, 0.25) is 0 Å². The molecule has 0 radical (unpaired) electrons. The zero-order valence-electron chi connectivity index (χ0n) is 14.2. The summed E-state index contributed by atoms with van der Waals surface area (Å²) in [6.07, 6.45) is 6.49. The first-order valence-corrected chi connectivity index (χ1v) is 8.48. The second-order valence-corrected chi connectivity index (χ2v) is 6.67. The topological polar surface area (TPSA) is 85.3 Å². The average molecular weight is 354 g/mol. The summed E-state index contributed by atoms with van der Waals surface area (Å²) in [6, 6.07) is 6.81. The number of amides is 2. The summed E-state index contributed by atoms with van der Waals surface area (Å²) in [5.41, 5.74) is 0.717. The number of methoxy groups -OCH3 is 1. The molecule has 7 nitrogen and oxygen atoms in total. The Balaban J connectivity index is 1.41. The molecule has 0 unspecified atom stereocenters. The number of benzene rings is 1. The summed E-state index contributed by atoms with van der Waals surface area (Å²) >= 11 is 0. The van der Waals surface area contributed by atoms with Gasteiger partial charge in [0.15, 0.2) is 6.61 Å². The monoisotopic (exact) mass is 354 g/mol. The molecule has 2 amide bonds. The van der Waals surface area contributed by atoms with Gasteiger partial charge in [0, 0.05) is 0 Å². The molecular formula is C19H18N2O5. The molecule has 1 saturated heterocycles. The molecule has 134 valence electrons. The van der Waals surface area contributed by atoms with E-state index < -0.39 is 5.97 Å². The molecule has 2 aliphatic carbocycles. The highest BCUT2D eigenvalue weighted by atomic mass is 16.6. The fraction of sp³-hybridized carbons (Fsp3) is 0.368. The molecule has 3 aliphatic rings. The van der Waals surface area contributed by atoms with Gasteiger partial charge in [-0.15, -0.1) is 0 Å². The van der Waals surface area contributed by atoms with Crippen LogP contribution in [0.2, 0.25) is 0 Å². The first-order chi connectivity index (χ1) is 12.6. The highest BCUT2D eigenvalue weighted by molar-refractivity contribution is 6.06. The van der Waals surface area contributed by atoms with Gasteiger partial charge < -0.3 is 9.47 Å². The van der Waals surface area contributed by atoms with E-state index in [-0.39, 0.29) is 42.1 Å². The lowest BCUT2D eigenvalue weighted by Gasteiger charge is -2.13. The highest BCUT2D eigenvalue weighted by Gasteiger charge is 2.59. The molecule has 1 aromatic rings. The van der Waals surface area contributed by atoms with Crippen LogP contribution >= 0.6 is 0 Å². The van der Waals surface area contributed by atoms with Crippen molar-refractivity contribution < 1.29 is 23.9 Å². The van der Waals surface area contributed by atoms with Gasteiger partial charge in [-0.05, 0) is 48.1 Å². The third-order valence-electron chi connectivity index (χ3n) is 5.23. The fourth-order valence-corrected chi connectivity index (χ4v) is 3.98. The van der Waals surface area contributed by atoms with E-state index in [4.69, 9.17) is 4.74 Å². The number of carbonyl (C=O) groups excluding carboxylic acids is 3. The summed E-state index contributed by atoms with van der Waals surface area (Å²) in [5, 5.41) is 5.14. The summed E-state index contributed by atoms with van der Waals surface area (Å²) in [7, 11) is 1.29. The Kier molecular flexibility index (Phi) is 4.06. The molecule has 0 aromatic heterocycles. The van der Waals surface area contributed by atoms with Crippen LogP contribution in [0.4, 0.5) is 0 Å². The molecule has 1 saturated carbocycles. The van der Waals surface area contributed by atoms with Crippen LogP contribution in [0.15, 0.2) is 41.5 Å². The van der Waals surface area contributed by atoms with Gasteiger partial charge in [0.1, 0.15) is 5.75 Å². The minimum Gasteiger partial charge on any atom is -0.482 e. The Labute approximate surface area is 150 Å². The minimum atomic E-state index is -0.462. The Morgan fingerprint density at radius 3 is 2.35 bits per heavy atom. The zero-order chi connectivity index (χ0) is 18.3. The number of hydrogen-bond acceptors (Lipinski definition) is 6. The maximum Gasteiger partial charge on any atom is 0.343 e. The van der Waals surface area contributed by atoms with Gasteiger partial charge in [-0.2, -0.15) is 10.1 Å². The standard InChI is InChI=1S/C19H18N2O5/c1-25-15(22)10-26-14-6-2-11(3-7-14)9-20-21-18(23)16-12-4-5-13(8-12)17(16)19(21)24/h2-7,9,12-13,16-17H,8,10H2,1H3/b20-9-/t12-,13+,16-,17-/m0/s1. The molecule has 2 fully saturated rings. The lowest BCUT2D eigenvalue weighted by atomic mass is 9.85. The predicted molar refractivity (Wildman–Crippen MR) is 91.1 cm³/mol. The Hall–Kier alpha value is -2.96. The number of rotatable bonds is 5. The normalized spacial score (nSPS) is 28.9. The molecule has 26 heavy (non-hydrogen) atoms. The third kappa shape index (κ3) is 2.69. The largest absolute Gasteiger partial charge is 0.482 e. The minimum absolute atomic E-state index is 0.167. The second kappa shape index (κ2) is 6.40. The van der Waals surface area contributed by atoms with Crippen molar-refractivity contribution >= 4 is 24.0 Å². The van der Waals surface area contributed by atoms with Crippen molar-refractivity contribution in [3.05, 3.63) is 42.0 Å². The van der Waals surface area contributed by atoms with Crippen molar-refractivity contribution in [2.45, 2.75) is 6.42 Å². The smallest absolute Gasteiger partial charge is 0.343 e. The van der Waals surface area contributed by atoms with Crippen LogP contribution in [0.1, 0.15) is 12.0 Å². The highest BCUT2D eigenvalue weighted by Crippen LogP contribution is 2.52. The van der Waals surface area contributed by atoms with Crippen molar-refractivity contribution in [3.63, 3.8) is 0 Å². The Bertz CT molecular complexity index is 784. The van der Waals surface area contributed by atoms with Crippen molar-refractivity contribution in [2.75, 3.05) is 13.7 Å². The lowest BCUT2D eigenvalue weighted by Crippen LogP contribution is -2.28. The molecule has 1 aromatic carbocycles.